The maximum Gasteiger partial charge on any atom is 0.279 e. The van der Waals surface area contributed by atoms with Crippen molar-refractivity contribution in [1.29, 1.82) is 0 Å². The zero-order chi connectivity index (χ0) is 21.0. The minimum atomic E-state index is 0.0656. The van der Waals surface area contributed by atoms with Crippen molar-refractivity contribution in [3.63, 3.8) is 0 Å². The third kappa shape index (κ3) is 5.14. The second-order valence-electron chi connectivity index (χ2n) is 8.18. The molecule has 2 aromatic rings. The summed E-state index contributed by atoms with van der Waals surface area (Å²) in [4.78, 5) is 27.8. The Bertz CT molecular complexity index is 879. The predicted octanol–water partition coefficient (Wildman–Crippen LogP) is -0.191. The first-order chi connectivity index (χ1) is 13.9. The molecule has 0 aliphatic carbocycles. The Morgan fingerprint density at radius 2 is 1.66 bits per heavy atom. The number of carbonyl (C=O) groups excluding carboxylic acids is 2. The molecule has 0 spiro atoms. The number of aryl methyl sites for hydroxylation is 2. The molecule has 1 aliphatic rings. The molecule has 1 saturated heterocycles. The maximum absolute atomic E-state index is 12.7. The molecule has 1 aromatic heterocycles. The first-order valence-electron chi connectivity index (χ1n) is 10.6. The van der Waals surface area contributed by atoms with Gasteiger partial charge in [-0.25, -0.2) is 0 Å². The summed E-state index contributed by atoms with van der Waals surface area (Å²) in [7, 11) is 2.00. The lowest BCUT2D eigenvalue weighted by atomic mass is 10.1. The molecule has 156 valence electrons. The topological polar surface area (TPSA) is 60.0 Å². The van der Waals surface area contributed by atoms with Crippen molar-refractivity contribution in [1.82, 2.24) is 4.57 Å². The zero-order valence-corrected chi connectivity index (χ0v) is 18.1. The lowest BCUT2D eigenvalue weighted by molar-refractivity contribution is -1.00. The summed E-state index contributed by atoms with van der Waals surface area (Å²) in [5, 5.41) is 3.06. The SMILES string of the molecule is CCc1ccccc1NC(=O)C[NH+]1CC[NH+](CC(=O)c2cc(C)n(C)c2C)CC1. The van der Waals surface area contributed by atoms with Gasteiger partial charge in [-0.3, -0.25) is 9.59 Å². The quantitative estimate of drug-likeness (QED) is 0.566. The van der Waals surface area contributed by atoms with E-state index in [1.807, 2.05) is 45.2 Å². The molecular weight excluding hydrogens is 364 g/mol. The highest BCUT2D eigenvalue weighted by Gasteiger charge is 2.27. The Kier molecular flexibility index (Phi) is 6.87. The van der Waals surface area contributed by atoms with Gasteiger partial charge in [0.1, 0.15) is 32.7 Å². The van der Waals surface area contributed by atoms with Gasteiger partial charge in [0.15, 0.2) is 6.54 Å². The summed E-state index contributed by atoms with van der Waals surface area (Å²) in [6, 6.07) is 9.97. The average molecular weight is 399 g/mol. The predicted molar refractivity (Wildman–Crippen MR) is 115 cm³/mol. The fourth-order valence-electron chi connectivity index (χ4n) is 4.14. The molecule has 0 saturated carbocycles. The number of Topliss-reactive ketones (excluding diaryl/α,β-unsaturated/α-hetero) is 1. The highest BCUT2D eigenvalue weighted by Crippen LogP contribution is 2.15. The molecule has 3 N–H and O–H groups in total. The van der Waals surface area contributed by atoms with Gasteiger partial charge >= 0.3 is 0 Å². The van der Waals surface area contributed by atoms with Crippen LogP contribution >= 0.6 is 0 Å². The number of para-hydroxylation sites is 1. The second-order valence-corrected chi connectivity index (χ2v) is 8.18. The Morgan fingerprint density at radius 1 is 1.03 bits per heavy atom. The molecule has 0 bridgehead atoms. The molecule has 6 heteroatoms. The monoisotopic (exact) mass is 398 g/mol. The van der Waals surface area contributed by atoms with Crippen LogP contribution < -0.4 is 15.1 Å². The van der Waals surface area contributed by atoms with E-state index in [1.54, 1.807) is 0 Å². The minimum absolute atomic E-state index is 0.0656. The molecule has 0 radical (unpaired) electrons. The summed E-state index contributed by atoms with van der Waals surface area (Å²) in [5.74, 6) is 0.286. The number of piperazine rings is 1. The van der Waals surface area contributed by atoms with E-state index in [-0.39, 0.29) is 11.7 Å². The molecule has 1 aromatic carbocycles. The van der Waals surface area contributed by atoms with E-state index in [0.717, 1.165) is 60.8 Å². The minimum Gasteiger partial charge on any atom is -0.351 e. The molecule has 3 rings (SSSR count). The van der Waals surface area contributed by atoms with Gasteiger partial charge in [0.2, 0.25) is 5.78 Å². The van der Waals surface area contributed by atoms with Crippen LogP contribution in [0.2, 0.25) is 0 Å². The van der Waals surface area contributed by atoms with E-state index >= 15 is 0 Å². The number of benzene rings is 1. The van der Waals surface area contributed by atoms with Crippen LogP contribution in [0.5, 0.6) is 0 Å². The van der Waals surface area contributed by atoms with Crippen molar-refractivity contribution in [2.24, 2.45) is 7.05 Å². The van der Waals surface area contributed by atoms with Crippen LogP contribution in [0.1, 0.15) is 34.2 Å². The van der Waals surface area contributed by atoms with Gasteiger partial charge in [-0.2, -0.15) is 0 Å². The summed E-state index contributed by atoms with van der Waals surface area (Å²) in [5.41, 5.74) is 5.09. The van der Waals surface area contributed by atoms with Crippen LogP contribution in [0.15, 0.2) is 30.3 Å². The van der Waals surface area contributed by atoms with Crippen molar-refractivity contribution in [2.75, 3.05) is 44.6 Å². The Balaban J connectivity index is 1.47. The maximum atomic E-state index is 12.7. The number of amides is 1. The highest BCUT2D eigenvalue weighted by atomic mass is 16.2. The number of anilines is 1. The van der Waals surface area contributed by atoms with E-state index in [1.165, 1.54) is 9.80 Å². The van der Waals surface area contributed by atoms with E-state index in [2.05, 4.69) is 22.9 Å². The third-order valence-electron chi connectivity index (χ3n) is 6.23. The standard InChI is InChI=1S/C23H32N4O2/c1-5-19-8-6-7-9-21(19)24-23(29)16-27-12-10-26(11-13-27)15-22(28)20-14-17(2)25(4)18(20)3/h6-9,14H,5,10-13,15-16H2,1-4H3,(H,24,29)/p+2. The van der Waals surface area contributed by atoms with Gasteiger partial charge in [-0.1, -0.05) is 25.1 Å². The van der Waals surface area contributed by atoms with Crippen LogP contribution in [0.25, 0.3) is 0 Å². The van der Waals surface area contributed by atoms with Crippen LogP contribution in [0.4, 0.5) is 5.69 Å². The van der Waals surface area contributed by atoms with Crippen molar-refractivity contribution in [3.05, 3.63) is 52.8 Å². The molecule has 0 unspecified atom stereocenters. The smallest absolute Gasteiger partial charge is 0.279 e. The molecule has 1 fully saturated rings. The summed E-state index contributed by atoms with van der Waals surface area (Å²) in [6.07, 6.45) is 0.903. The fourth-order valence-corrected chi connectivity index (χ4v) is 4.14. The fraction of sp³-hybridized carbons (Fsp3) is 0.478. The lowest BCUT2D eigenvalue weighted by Gasteiger charge is -2.29. The summed E-state index contributed by atoms with van der Waals surface area (Å²) in [6.45, 7) is 10.8. The van der Waals surface area contributed by atoms with Crippen molar-refractivity contribution < 1.29 is 19.4 Å². The molecule has 1 aliphatic heterocycles. The van der Waals surface area contributed by atoms with Gasteiger partial charge < -0.3 is 19.7 Å². The number of ketones is 1. The number of carbonyl (C=O) groups is 2. The van der Waals surface area contributed by atoms with Gasteiger partial charge in [0.05, 0.1) is 0 Å². The number of hydrogen-bond acceptors (Lipinski definition) is 2. The van der Waals surface area contributed by atoms with Crippen LogP contribution in [-0.4, -0.2) is 55.5 Å². The van der Waals surface area contributed by atoms with Crippen LogP contribution in [0, 0.1) is 13.8 Å². The van der Waals surface area contributed by atoms with Gasteiger partial charge in [-0.15, -0.1) is 0 Å². The van der Waals surface area contributed by atoms with E-state index < -0.39 is 0 Å². The molecule has 1 amide bonds. The lowest BCUT2D eigenvalue weighted by Crippen LogP contribution is -3.28. The normalized spacial score (nSPS) is 19.2. The highest BCUT2D eigenvalue weighted by molar-refractivity contribution is 5.98. The zero-order valence-electron chi connectivity index (χ0n) is 18.1. The Hall–Kier alpha value is -2.44. The molecule has 29 heavy (non-hydrogen) atoms. The van der Waals surface area contributed by atoms with Crippen molar-refractivity contribution in [3.8, 4) is 0 Å². The molecule has 0 atom stereocenters. The molecule has 2 heterocycles. The largest absolute Gasteiger partial charge is 0.351 e. The first kappa shape index (κ1) is 21.3. The Labute approximate surface area is 173 Å². The van der Waals surface area contributed by atoms with E-state index in [4.69, 9.17) is 0 Å². The number of nitrogens with one attached hydrogen (secondary N) is 3. The van der Waals surface area contributed by atoms with Crippen molar-refractivity contribution >= 4 is 17.4 Å². The number of rotatable bonds is 7. The number of quaternary nitrogens is 2. The molecular formula is C23H34N4O2+2. The molecule has 6 nitrogen and oxygen atoms in total. The second kappa shape index (κ2) is 9.37. The van der Waals surface area contributed by atoms with E-state index in [0.29, 0.717) is 13.1 Å². The number of nitrogens with zero attached hydrogens (tertiary/aromatic N) is 1. The van der Waals surface area contributed by atoms with Crippen LogP contribution in [-0.2, 0) is 18.3 Å². The van der Waals surface area contributed by atoms with Crippen molar-refractivity contribution in [2.45, 2.75) is 27.2 Å². The third-order valence-corrected chi connectivity index (χ3v) is 6.23. The first-order valence-corrected chi connectivity index (χ1v) is 10.6. The van der Waals surface area contributed by atoms with Gasteiger partial charge in [0.25, 0.3) is 5.91 Å². The number of hydrogen-bond donors (Lipinski definition) is 3. The summed E-state index contributed by atoms with van der Waals surface area (Å²) < 4.78 is 2.07. The van der Waals surface area contributed by atoms with E-state index in [9.17, 15) is 9.59 Å². The summed E-state index contributed by atoms with van der Waals surface area (Å²) >= 11 is 0. The average Bonchev–Trinajstić information content (AvgIpc) is 2.97. The van der Waals surface area contributed by atoms with Crippen LogP contribution in [0.3, 0.4) is 0 Å². The van der Waals surface area contributed by atoms with Gasteiger partial charge in [-0.05, 0) is 38.0 Å². The van der Waals surface area contributed by atoms with Gasteiger partial charge in [0, 0.05) is 29.7 Å². The Morgan fingerprint density at radius 3 is 2.24 bits per heavy atom. The number of aromatic nitrogens is 1.